The number of carbonyl (C=O) groups excluding carboxylic acids is 1. The van der Waals surface area contributed by atoms with Gasteiger partial charge in [0.2, 0.25) is 5.91 Å². The third kappa shape index (κ3) is 4.62. The molecule has 0 rings (SSSR count). The summed E-state index contributed by atoms with van der Waals surface area (Å²) in [6, 6.07) is 0.665. The molecule has 0 heterocycles. The number of nitrogens with zero attached hydrogens (tertiary/aromatic N) is 1. The van der Waals surface area contributed by atoms with Gasteiger partial charge in [-0.15, -0.1) is 0 Å². The fourth-order valence-electron chi connectivity index (χ4n) is 1.87. The van der Waals surface area contributed by atoms with Gasteiger partial charge in [-0.2, -0.15) is 0 Å². The van der Waals surface area contributed by atoms with E-state index in [0.717, 1.165) is 12.8 Å². The number of carbonyl (C=O) groups is 1. The summed E-state index contributed by atoms with van der Waals surface area (Å²) in [5.41, 5.74) is 5.70. The van der Waals surface area contributed by atoms with Crippen LogP contribution in [0.25, 0.3) is 0 Å². The molecule has 0 aliphatic heterocycles. The second kappa shape index (κ2) is 7.65. The van der Waals surface area contributed by atoms with E-state index in [9.17, 15) is 4.79 Å². The summed E-state index contributed by atoms with van der Waals surface area (Å²) in [4.78, 5) is 13.5. The van der Waals surface area contributed by atoms with Gasteiger partial charge in [-0.3, -0.25) is 9.69 Å². The normalized spacial score (nSPS) is 13.3. The first-order chi connectivity index (χ1) is 7.10. The predicted octanol–water partition coefficient (Wildman–Crippen LogP) is 0.570. The van der Waals surface area contributed by atoms with Gasteiger partial charge in [0.15, 0.2) is 0 Å². The summed E-state index contributed by atoms with van der Waals surface area (Å²) in [5.74, 6) is 0.0586. The second-order valence-electron chi connectivity index (χ2n) is 3.90. The van der Waals surface area contributed by atoms with Gasteiger partial charge in [0, 0.05) is 32.1 Å². The molecule has 15 heavy (non-hydrogen) atoms. The summed E-state index contributed by atoms with van der Waals surface area (Å²) >= 11 is 0. The van der Waals surface area contributed by atoms with Gasteiger partial charge >= 0.3 is 0 Å². The third-order valence-electron chi connectivity index (χ3n) is 3.07. The standard InChI is InChI=1S/C11H25N3O/c1-5-9(6-2)14(4)10(8-12)7-11(15)13-3/h9-10H,5-8,12H2,1-4H3,(H,13,15). The largest absolute Gasteiger partial charge is 0.359 e. The molecular formula is C11H25N3O. The van der Waals surface area contributed by atoms with E-state index in [1.807, 2.05) is 0 Å². The predicted molar refractivity (Wildman–Crippen MR) is 63.7 cm³/mol. The molecule has 1 atom stereocenters. The Balaban J connectivity index is 4.31. The molecule has 0 aromatic heterocycles. The van der Waals surface area contributed by atoms with E-state index in [1.54, 1.807) is 7.05 Å². The molecule has 0 bridgehead atoms. The molecule has 4 nitrogen and oxygen atoms in total. The lowest BCUT2D eigenvalue weighted by Crippen LogP contribution is -2.46. The fraction of sp³-hybridized carbons (Fsp3) is 0.909. The average Bonchev–Trinajstić information content (AvgIpc) is 2.26. The van der Waals surface area contributed by atoms with Crippen LogP contribution in [-0.2, 0) is 4.79 Å². The van der Waals surface area contributed by atoms with Crippen LogP contribution in [0.15, 0.2) is 0 Å². The minimum atomic E-state index is 0.0586. The van der Waals surface area contributed by atoms with Crippen LogP contribution in [0.1, 0.15) is 33.1 Å². The van der Waals surface area contributed by atoms with Gasteiger partial charge in [-0.25, -0.2) is 0 Å². The number of likely N-dealkylation sites (N-methyl/N-ethyl adjacent to an activating group) is 1. The van der Waals surface area contributed by atoms with Gasteiger partial charge in [-0.1, -0.05) is 13.8 Å². The van der Waals surface area contributed by atoms with E-state index in [0.29, 0.717) is 19.0 Å². The first kappa shape index (κ1) is 14.4. The molecule has 0 aromatic carbocycles. The Morgan fingerprint density at radius 1 is 1.33 bits per heavy atom. The van der Waals surface area contributed by atoms with Crippen LogP contribution >= 0.6 is 0 Å². The SMILES string of the molecule is CCC(CC)N(C)C(CN)CC(=O)NC. The van der Waals surface area contributed by atoms with Crippen LogP contribution in [-0.4, -0.2) is 43.5 Å². The Labute approximate surface area is 93.2 Å². The van der Waals surface area contributed by atoms with Crippen molar-refractivity contribution in [2.75, 3.05) is 20.6 Å². The zero-order valence-electron chi connectivity index (χ0n) is 10.4. The highest BCUT2D eigenvalue weighted by molar-refractivity contribution is 5.76. The Hall–Kier alpha value is -0.610. The summed E-state index contributed by atoms with van der Waals surface area (Å²) in [5, 5.41) is 2.64. The summed E-state index contributed by atoms with van der Waals surface area (Å²) < 4.78 is 0. The highest BCUT2D eigenvalue weighted by atomic mass is 16.1. The molecule has 0 fully saturated rings. The molecule has 0 radical (unpaired) electrons. The number of nitrogens with one attached hydrogen (secondary N) is 1. The Kier molecular flexibility index (Phi) is 7.34. The van der Waals surface area contributed by atoms with E-state index in [1.165, 1.54) is 0 Å². The van der Waals surface area contributed by atoms with Crippen LogP contribution in [0, 0.1) is 0 Å². The third-order valence-corrected chi connectivity index (χ3v) is 3.07. The van der Waals surface area contributed by atoms with E-state index in [-0.39, 0.29) is 11.9 Å². The molecule has 0 aliphatic rings. The Morgan fingerprint density at radius 3 is 2.20 bits per heavy atom. The van der Waals surface area contributed by atoms with E-state index in [4.69, 9.17) is 5.73 Å². The number of hydrogen-bond donors (Lipinski definition) is 2. The average molecular weight is 215 g/mol. The first-order valence-corrected chi connectivity index (χ1v) is 5.73. The van der Waals surface area contributed by atoms with Crippen molar-refractivity contribution in [1.29, 1.82) is 0 Å². The molecule has 0 saturated carbocycles. The van der Waals surface area contributed by atoms with Crippen molar-refractivity contribution in [3.63, 3.8) is 0 Å². The van der Waals surface area contributed by atoms with E-state index in [2.05, 4.69) is 31.1 Å². The lowest BCUT2D eigenvalue weighted by atomic mass is 10.1. The number of rotatable bonds is 7. The summed E-state index contributed by atoms with van der Waals surface area (Å²) in [6.07, 6.45) is 2.68. The molecule has 0 saturated heterocycles. The van der Waals surface area contributed by atoms with Gasteiger partial charge in [0.05, 0.1) is 0 Å². The van der Waals surface area contributed by atoms with Crippen LogP contribution in [0.5, 0.6) is 0 Å². The molecule has 4 heteroatoms. The number of nitrogens with two attached hydrogens (primary N) is 1. The zero-order chi connectivity index (χ0) is 11.8. The van der Waals surface area contributed by atoms with Crippen molar-refractivity contribution >= 4 is 5.91 Å². The molecule has 1 unspecified atom stereocenters. The van der Waals surface area contributed by atoms with Crippen molar-refractivity contribution < 1.29 is 4.79 Å². The highest BCUT2D eigenvalue weighted by Crippen LogP contribution is 2.11. The Morgan fingerprint density at radius 2 is 1.87 bits per heavy atom. The lowest BCUT2D eigenvalue weighted by molar-refractivity contribution is -0.121. The number of amides is 1. The molecule has 0 spiro atoms. The molecule has 0 aromatic rings. The molecular weight excluding hydrogens is 190 g/mol. The van der Waals surface area contributed by atoms with Gasteiger partial charge in [-0.05, 0) is 19.9 Å². The minimum absolute atomic E-state index is 0.0586. The monoisotopic (exact) mass is 215 g/mol. The van der Waals surface area contributed by atoms with Crippen LogP contribution in [0.2, 0.25) is 0 Å². The quantitative estimate of drug-likeness (QED) is 0.653. The van der Waals surface area contributed by atoms with Crippen molar-refractivity contribution in [3.8, 4) is 0 Å². The first-order valence-electron chi connectivity index (χ1n) is 5.73. The molecule has 90 valence electrons. The lowest BCUT2D eigenvalue weighted by Gasteiger charge is -2.33. The van der Waals surface area contributed by atoms with Gasteiger partial charge in [0.25, 0.3) is 0 Å². The molecule has 0 aliphatic carbocycles. The minimum Gasteiger partial charge on any atom is -0.359 e. The smallest absolute Gasteiger partial charge is 0.221 e. The topological polar surface area (TPSA) is 58.4 Å². The summed E-state index contributed by atoms with van der Waals surface area (Å²) in [7, 11) is 3.71. The van der Waals surface area contributed by atoms with Crippen LogP contribution in [0.3, 0.4) is 0 Å². The van der Waals surface area contributed by atoms with Crippen molar-refractivity contribution in [1.82, 2.24) is 10.2 Å². The van der Waals surface area contributed by atoms with Crippen LogP contribution < -0.4 is 11.1 Å². The van der Waals surface area contributed by atoms with Crippen LogP contribution in [0.4, 0.5) is 0 Å². The second-order valence-corrected chi connectivity index (χ2v) is 3.90. The fourth-order valence-corrected chi connectivity index (χ4v) is 1.87. The van der Waals surface area contributed by atoms with E-state index >= 15 is 0 Å². The molecule has 1 amide bonds. The number of hydrogen-bond acceptors (Lipinski definition) is 3. The van der Waals surface area contributed by atoms with Crippen molar-refractivity contribution in [3.05, 3.63) is 0 Å². The maximum atomic E-state index is 11.3. The van der Waals surface area contributed by atoms with E-state index < -0.39 is 0 Å². The zero-order valence-corrected chi connectivity index (χ0v) is 10.4. The van der Waals surface area contributed by atoms with Crippen molar-refractivity contribution in [2.24, 2.45) is 5.73 Å². The maximum absolute atomic E-state index is 11.3. The highest BCUT2D eigenvalue weighted by Gasteiger charge is 2.21. The van der Waals surface area contributed by atoms with Crippen molar-refractivity contribution in [2.45, 2.75) is 45.2 Å². The maximum Gasteiger partial charge on any atom is 0.221 e. The van der Waals surface area contributed by atoms with Gasteiger partial charge < -0.3 is 11.1 Å². The Bertz CT molecular complexity index is 181. The molecule has 3 N–H and O–H groups in total. The van der Waals surface area contributed by atoms with Gasteiger partial charge in [0.1, 0.15) is 0 Å². The summed E-state index contributed by atoms with van der Waals surface area (Å²) in [6.45, 7) is 4.86.